The predicted molar refractivity (Wildman–Crippen MR) is 73.9 cm³/mol. The molecule has 1 N–H and O–H groups in total. The number of amides is 1. The minimum Gasteiger partial charge on any atom is -0.481 e. The number of hydrogen-bond donors (Lipinski definition) is 1. The van der Waals surface area contributed by atoms with Crippen molar-refractivity contribution >= 4 is 18.0 Å². The van der Waals surface area contributed by atoms with Crippen LogP contribution in [0.3, 0.4) is 0 Å². The van der Waals surface area contributed by atoms with E-state index in [1.54, 1.807) is 29.4 Å². The lowest BCUT2D eigenvalue weighted by Crippen LogP contribution is -2.39. The molecule has 2 rings (SSSR count). The van der Waals surface area contributed by atoms with Crippen LogP contribution in [0, 0.1) is 5.92 Å². The van der Waals surface area contributed by atoms with E-state index in [0.717, 1.165) is 19.4 Å². The molecule has 0 aliphatic carbocycles. The highest BCUT2D eigenvalue weighted by Gasteiger charge is 2.22. The second-order valence-corrected chi connectivity index (χ2v) is 5.07. The number of carboxylic acids is 1. The number of carboxylic acid groups (broad SMARTS) is 1. The Morgan fingerprint density at radius 2 is 2.35 bits per heavy atom. The molecule has 2 heterocycles. The minimum absolute atomic E-state index is 0.0403. The predicted octanol–water partition coefficient (Wildman–Crippen LogP) is 2.40. The van der Waals surface area contributed by atoms with Gasteiger partial charge in [-0.1, -0.05) is 0 Å². The van der Waals surface area contributed by atoms with Crippen LogP contribution >= 0.6 is 0 Å². The van der Waals surface area contributed by atoms with Gasteiger partial charge in [0.25, 0.3) is 0 Å². The number of aliphatic carboxylic acids is 1. The Bertz CT molecular complexity index is 478. The third kappa shape index (κ3) is 4.26. The van der Waals surface area contributed by atoms with Gasteiger partial charge in [0.2, 0.25) is 5.91 Å². The van der Waals surface area contributed by atoms with Crippen molar-refractivity contribution in [1.29, 1.82) is 0 Å². The zero-order valence-corrected chi connectivity index (χ0v) is 11.3. The second kappa shape index (κ2) is 6.93. The lowest BCUT2D eigenvalue weighted by Gasteiger charge is -2.31. The van der Waals surface area contributed by atoms with Gasteiger partial charge in [-0.2, -0.15) is 0 Å². The fourth-order valence-electron chi connectivity index (χ4n) is 2.47. The van der Waals surface area contributed by atoms with E-state index in [2.05, 4.69) is 0 Å². The van der Waals surface area contributed by atoms with E-state index in [1.165, 1.54) is 6.08 Å². The third-order valence-electron chi connectivity index (χ3n) is 3.53. The van der Waals surface area contributed by atoms with Crippen molar-refractivity contribution in [3.8, 4) is 0 Å². The highest BCUT2D eigenvalue weighted by Crippen LogP contribution is 2.21. The molecule has 20 heavy (non-hydrogen) atoms. The molecule has 1 saturated heterocycles. The first-order chi connectivity index (χ1) is 9.65. The maximum atomic E-state index is 12.1. The van der Waals surface area contributed by atoms with Crippen molar-refractivity contribution in [2.75, 3.05) is 13.1 Å². The number of likely N-dealkylation sites (tertiary alicyclic amines) is 1. The maximum Gasteiger partial charge on any atom is 0.303 e. The van der Waals surface area contributed by atoms with Crippen LogP contribution in [-0.4, -0.2) is 35.0 Å². The van der Waals surface area contributed by atoms with Gasteiger partial charge >= 0.3 is 5.97 Å². The number of furan rings is 1. The molecule has 0 spiro atoms. The summed E-state index contributed by atoms with van der Waals surface area (Å²) in [4.78, 5) is 24.4. The van der Waals surface area contributed by atoms with Gasteiger partial charge < -0.3 is 14.4 Å². The van der Waals surface area contributed by atoms with Gasteiger partial charge in [-0.05, 0) is 43.4 Å². The monoisotopic (exact) mass is 277 g/mol. The van der Waals surface area contributed by atoms with Gasteiger partial charge in [0.15, 0.2) is 0 Å². The quantitative estimate of drug-likeness (QED) is 0.839. The molecule has 0 saturated carbocycles. The fourth-order valence-corrected chi connectivity index (χ4v) is 2.47. The zero-order chi connectivity index (χ0) is 14.4. The molecule has 1 aliphatic rings. The van der Waals surface area contributed by atoms with Crippen LogP contribution < -0.4 is 0 Å². The van der Waals surface area contributed by atoms with E-state index in [0.29, 0.717) is 24.6 Å². The summed E-state index contributed by atoms with van der Waals surface area (Å²) in [7, 11) is 0. The minimum atomic E-state index is -0.772. The van der Waals surface area contributed by atoms with Crippen molar-refractivity contribution < 1.29 is 19.1 Å². The van der Waals surface area contributed by atoms with Crippen LogP contribution in [0.25, 0.3) is 6.08 Å². The van der Waals surface area contributed by atoms with Crippen LogP contribution in [0.1, 0.15) is 31.4 Å². The molecule has 108 valence electrons. The Labute approximate surface area is 117 Å². The van der Waals surface area contributed by atoms with Crippen molar-refractivity contribution in [3.05, 3.63) is 30.2 Å². The van der Waals surface area contributed by atoms with Crippen molar-refractivity contribution in [2.24, 2.45) is 5.92 Å². The standard InChI is InChI=1S/C15H19NO4/c17-14(7-6-13-4-2-10-20-13)16-9-1-3-12(11-16)5-8-15(18)19/h2,4,6-7,10,12H,1,3,5,8-9,11H2,(H,18,19)/b7-6-/t12-/m1/s1. The first-order valence-corrected chi connectivity index (χ1v) is 6.87. The maximum absolute atomic E-state index is 12.1. The van der Waals surface area contributed by atoms with Gasteiger partial charge in [0, 0.05) is 25.6 Å². The molecule has 0 radical (unpaired) electrons. The van der Waals surface area contributed by atoms with Gasteiger partial charge in [-0.25, -0.2) is 0 Å². The summed E-state index contributed by atoms with van der Waals surface area (Å²) in [6.07, 6.45) is 7.48. The molecule has 1 aromatic rings. The Morgan fingerprint density at radius 1 is 1.50 bits per heavy atom. The van der Waals surface area contributed by atoms with Crippen LogP contribution in [-0.2, 0) is 9.59 Å². The molecule has 0 bridgehead atoms. The molecule has 1 aromatic heterocycles. The van der Waals surface area contributed by atoms with Crippen LogP contribution in [0.4, 0.5) is 0 Å². The van der Waals surface area contributed by atoms with Gasteiger partial charge in [-0.15, -0.1) is 0 Å². The molecule has 1 amide bonds. The fraction of sp³-hybridized carbons (Fsp3) is 0.467. The molecule has 5 nitrogen and oxygen atoms in total. The number of carbonyl (C=O) groups excluding carboxylic acids is 1. The smallest absolute Gasteiger partial charge is 0.303 e. The highest BCUT2D eigenvalue weighted by atomic mass is 16.4. The van der Waals surface area contributed by atoms with E-state index < -0.39 is 5.97 Å². The summed E-state index contributed by atoms with van der Waals surface area (Å²) in [6.45, 7) is 1.39. The van der Waals surface area contributed by atoms with E-state index in [4.69, 9.17) is 9.52 Å². The molecular formula is C15H19NO4. The topological polar surface area (TPSA) is 70.8 Å². The van der Waals surface area contributed by atoms with E-state index in [9.17, 15) is 9.59 Å². The van der Waals surface area contributed by atoms with Crippen LogP contribution in [0.15, 0.2) is 28.9 Å². The van der Waals surface area contributed by atoms with Gasteiger partial charge in [0.1, 0.15) is 5.76 Å². The van der Waals surface area contributed by atoms with E-state index >= 15 is 0 Å². The number of nitrogens with zero attached hydrogens (tertiary/aromatic N) is 1. The first kappa shape index (κ1) is 14.4. The molecule has 5 heteroatoms. The van der Waals surface area contributed by atoms with Crippen molar-refractivity contribution in [1.82, 2.24) is 4.90 Å². The Balaban J connectivity index is 1.85. The second-order valence-electron chi connectivity index (χ2n) is 5.07. The number of rotatable bonds is 5. The van der Waals surface area contributed by atoms with Gasteiger partial charge in [-0.3, -0.25) is 9.59 Å². The van der Waals surface area contributed by atoms with Crippen molar-refractivity contribution in [2.45, 2.75) is 25.7 Å². The lowest BCUT2D eigenvalue weighted by atomic mass is 9.93. The molecule has 1 aliphatic heterocycles. The van der Waals surface area contributed by atoms with Crippen molar-refractivity contribution in [3.63, 3.8) is 0 Å². The summed E-state index contributed by atoms with van der Waals surface area (Å²) >= 11 is 0. The van der Waals surface area contributed by atoms with E-state index in [-0.39, 0.29) is 12.3 Å². The molecule has 1 atom stereocenters. The normalized spacial score (nSPS) is 19.4. The SMILES string of the molecule is O=C(O)CC[C@H]1CCCN(C(=O)/C=C\c2ccco2)C1. The summed E-state index contributed by atoms with van der Waals surface area (Å²) < 4.78 is 5.13. The zero-order valence-electron chi connectivity index (χ0n) is 11.3. The van der Waals surface area contributed by atoms with E-state index in [1.807, 2.05) is 0 Å². The molecular weight excluding hydrogens is 258 g/mol. The molecule has 1 fully saturated rings. The average Bonchev–Trinajstić information content (AvgIpc) is 2.96. The summed E-state index contributed by atoms with van der Waals surface area (Å²) in [5, 5.41) is 8.71. The summed E-state index contributed by atoms with van der Waals surface area (Å²) in [5.41, 5.74) is 0. The Morgan fingerprint density at radius 3 is 3.05 bits per heavy atom. The average molecular weight is 277 g/mol. The highest BCUT2D eigenvalue weighted by molar-refractivity contribution is 5.91. The Kier molecular flexibility index (Phi) is 4.98. The molecule has 0 aromatic carbocycles. The van der Waals surface area contributed by atoms with Gasteiger partial charge in [0.05, 0.1) is 6.26 Å². The number of carbonyl (C=O) groups is 2. The largest absolute Gasteiger partial charge is 0.481 e. The van der Waals surface area contributed by atoms with Crippen LogP contribution in [0.5, 0.6) is 0 Å². The number of piperidine rings is 1. The van der Waals surface area contributed by atoms with Crippen LogP contribution in [0.2, 0.25) is 0 Å². The lowest BCUT2D eigenvalue weighted by molar-refractivity contribution is -0.137. The Hall–Kier alpha value is -2.04. The molecule has 0 unspecified atom stereocenters. The summed E-state index contributed by atoms with van der Waals surface area (Å²) in [5.74, 6) is 0.131. The summed E-state index contributed by atoms with van der Waals surface area (Å²) in [6, 6.07) is 3.56. The number of hydrogen-bond acceptors (Lipinski definition) is 3. The third-order valence-corrected chi connectivity index (χ3v) is 3.53. The first-order valence-electron chi connectivity index (χ1n) is 6.87.